The zero-order chi connectivity index (χ0) is 15.7. The van der Waals surface area contributed by atoms with Crippen LogP contribution in [0, 0.1) is 5.92 Å². The van der Waals surface area contributed by atoms with Gasteiger partial charge in [-0.1, -0.05) is 18.2 Å². The van der Waals surface area contributed by atoms with Crippen LogP contribution >= 0.6 is 0 Å². The zero-order valence-corrected chi connectivity index (χ0v) is 12.5. The normalized spacial score (nSPS) is 19.1. The van der Waals surface area contributed by atoms with Crippen LogP contribution in [0.25, 0.3) is 10.9 Å². The van der Waals surface area contributed by atoms with Gasteiger partial charge >= 0.3 is 5.97 Å². The number of amides is 1. The van der Waals surface area contributed by atoms with Crippen LogP contribution in [0.3, 0.4) is 0 Å². The lowest BCUT2D eigenvalue weighted by atomic mass is 10.1. The molecule has 1 saturated heterocycles. The van der Waals surface area contributed by atoms with Crippen LogP contribution in [-0.4, -0.2) is 52.6 Å². The summed E-state index contributed by atoms with van der Waals surface area (Å²) in [6.45, 7) is 1.77. The predicted octanol–water partition coefficient (Wildman–Crippen LogP) is 0.925. The molecule has 0 bridgehead atoms. The molecule has 1 amide bonds. The number of carbonyl (C=O) groups is 2. The first-order valence-corrected chi connectivity index (χ1v) is 7.35. The Morgan fingerprint density at radius 3 is 2.86 bits per heavy atom. The van der Waals surface area contributed by atoms with Crippen LogP contribution in [0.2, 0.25) is 0 Å². The molecule has 0 spiro atoms. The highest BCUT2D eigenvalue weighted by Crippen LogP contribution is 2.22. The van der Waals surface area contributed by atoms with Gasteiger partial charge in [0, 0.05) is 50.3 Å². The minimum Gasteiger partial charge on any atom is -0.481 e. The average Bonchev–Trinajstić information content (AvgIpc) is 2.71. The van der Waals surface area contributed by atoms with E-state index in [2.05, 4.69) is 5.32 Å². The maximum atomic E-state index is 12.8. The van der Waals surface area contributed by atoms with Crippen LogP contribution < -0.4 is 5.32 Å². The smallest absolute Gasteiger partial charge is 0.309 e. The first-order valence-electron chi connectivity index (χ1n) is 7.35. The van der Waals surface area contributed by atoms with Crippen molar-refractivity contribution in [3.63, 3.8) is 0 Å². The van der Waals surface area contributed by atoms with Crippen molar-refractivity contribution in [2.45, 2.75) is 0 Å². The number of benzene rings is 1. The third-order valence-corrected chi connectivity index (χ3v) is 4.15. The number of hydrogen-bond donors (Lipinski definition) is 2. The van der Waals surface area contributed by atoms with Crippen LogP contribution in [0.4, 0.5) is 0 Å². The van der Waals surface area contributed by atoms with E-state index in [1.807, 2.05) is 42.1 Å². The second kappa shape index (κ2) is 5.81. The number of nitrogens with zero attached hydrogens (tertiary/aromatic N) is 2. The quantitative estimate of drug-likeness (QED) is 0.865. The second-order valence-electron chi connectivity index (χ2n) is 5.66. The molecule has 1 aromatic heterocycles. The molecule has 0 aliphatic carbocycles. The summed E-state index contributed by atoms with van der Waals surface area (Å²) in [5.74, 6) is -1.54. The monoisotopic (exact) mass is 301 g/mol. The molecule has 3 rings (SSSR count). The Morgan fingerprint density at radius 1 is 1.32 bits per heavy atom. The molecule has 0 saturated carbocycles. The van der Waals surface area contributed by atoms with Gasteiger partial charge in [0.05, 0.1) is 11.5 Å². The number of aryl methyl sites for hydroxylation is 1. The largest absolute Gasteiger partial charge is 0.481 e. The topological polar surface area (TPSA) is 74.6 Å². The van der Waals surface area contributed by atoms with Gasteiger partial charge in [0.1, 0.15) is 0 Å². The lowest BCUT2D eigenvalue weighted by Crippen LogP contribution is -2.38. The number of aliphatic carboxylic acids is 1. The number of carbonyl (C=O) groups excluding carboxylic acids is 1. The van der Waals surface area contributed by atoms with E-state index in [1.165, 1.54) is 0 Å². The minimum atomic E-state index is -0.870. The molecular weight excluding hydrogens is 282 g/mol. The Labute approximate surface area is 128 Å². The summed E-state index contributed by atoms with van der Waals surface area (Å²) in [6.07, 6.45) is 1.82. The first kappa shape index (κ1) is 14.6. The van der Waals surface area contributed by atoms with Crippen molar-refractivity contribution in [1.82, 2.24) is 14.8 Å². The summed E-state index contributed by atoms with van der Waals surface area (Å²) in [4.78, 5) is 25.7. The van der Waals surface area contributed by atoms with Gasteiger partial charge < -0.3 is 19.9 Å². The molecule has 0 radical (unpaired) electrons. The fourth-order valence-electron chi connectivity index (χ4n) is 2.94. The van der Waals surface area contributed by atoms with Crippen molar-refractivity contribution in [3.8, 4) is 0 Å². The van der Waals surface area contributed by atoms with Crippen LogP contribution in [-0.2, 0) is 11.8 Å². The first-order chi connectivity index (χ1) is 10.6. The Bertz CT molecular complexity index is 722. The molecule has 1 aliphatic rings. The summed E-state index contributed by atoms with van der Waals surface area (Å²) in [5, 5.41) is 13.2. The Kier molecular flexibility index (Phi) is 3.85. The number of para-hydroxylation sites is 1. The summed E-state index contributed by atoms with van der Waals surface area (Å²) in [6, 6.07) is 7.74. The molecular formula is C16H19N3O3. The number of aromatic nitrogens is 1. The van der Waals surface area contributed by atoms with Gasteiger partial charge in [0.25, 0.3) is 5.91 Å². The molecule has 2 heterocycles. The lowest BCUT2D eigenvalue weighted by molar-refractivity contribution is -0.141. The summed E-state index contributed by atoms with van der Waals surface area (Å²) < 4.78 is 1.92. The molecule has 0 unspecified atom stereocenters. The fraction of sp³-hybridized carbons (Fsp3) is 0.375. The number of nitrogens with one attached hydrogen (secondary N) is 1. The van der Waals surface area contributed by atoms with Crippen molar-refractivity contribution in [2.24, 2.45) is 13.0 Å². The van der Waals surface area contributed by atoms with Gasteiger partial charge in [0.15, 0.2) is 0 Å². The van der Waals surface area contributed by atoms with Gasteiger partial charge in [-0.05, 0) is 6.07 Å². The number of rotatable bonds is 2. The summed E-state index contributed by atoms with van der Waals surface area (Å²) >= 11 is 0. The molecule has 1 atom stereocenters. The van der Waals surface area contributed by atoms with Gasteiger partial charge in [0.2, 0.25) is 0 Å². The SMILES string of the molecule is Cn1cc(C(=O)N2CCNC[C@@H](C(=O)O)C2)c2ccccc21. The number of fused-ring (bicyclic) bond motifs is 1. The van der Waals surface area contributed by atoms with Crippen molar-refractivity contribution >= 4 is 22.8 Å². The zero-order valence-electron chi connectivity index (χ0n) is 12.5. The standard InChI is InChI=1S/C16H19N3O3/c1-18-10-13(12-4-2-3-5-14(12)18)15(20)19-7-6-17-8-11(9-19)16(21)22/h2-5,10-11,17H,6-9H2,1H3,(H,21,22)/t11-/m1/s1. The third-order valence-electron chi connectivity index (χ3n) is 4.15. The Balaban J connectivity index is 1.93. The molecule has 1 fully saturated rings. The van der Waals surface area contributed by atoms with Gasteiger partial charge in [-0.25, -0.2) is 0 Å². The highest BCUT2D eigenvalue weighted by molar-refractivity contribution is 6.07. The van der Waals surface area contributed by atoms with E-state index in [0.29, 0.717) is 25.2 Å². The maximum Gasteiger partial charge on any atom is 0.309 e. The van der Waals surface area contributed by atoms with E-state index in [4.69, 9.17) is 0 Å². The van der Waals surface area contributed by atoms with Crippen molar-refractivity contribution in [2.75, 3.05) is 26.2 Å². The lowest BCUT2D eigenvalue weighted by Gasteiger charge is -2.22. The van der Waals surface area contributed by atoms with Crippen molar-refractivity contribution in [1.29, 1.82) is 0 Å². The summed E-state index contributed by atoms with van der Waals surface area (Å²) in [5.41, 5.74) is 1.62. The van der Waals surface area contributed by atoms with Gasteiger partial charge in [-0.15, -0.1) is 0 Å². The van der Waals surface area contributed by atoms with E-state index in [9.17, 15) is 14.7 Å². The minimum absolute atomic E-state index is 0.105. The number of hydrogen-bond acceptors (Lipinski definition) is 3. The van der Waals surface area contributed by atoms with E-state index >= 15 is 0 Å². The van der Waals surface area contributed by atoms with Crippen molar-refractivity contribution < 1.29 is 14.7 Å². The van der Waals surface area contributed by atoms with E-state index in [1.54, 1.807) is 4.90 Å². The molecule has 22 heavy (non-hydrogen) atoms. The van der Waals surface area contributed by atoms with Crippen molar-refractivity contribution in [3.05, 3.63) is 36.0 Å². The third kappa shape index (κ3) is 2.57. The van der Waals surface area contributed by atoms with E-state index in [-0.39, 0.29) is 12.5 Å². The predicted molar refractivity (Wildman–Crippen MR) is 82.8 cm³/mol. The van der Waals surface area contributed by atoms with Gasteiger partial charge in [-0.2, -0.15) is 0 Å². The van der Waals surface area contributed by atoms with E-state index in [0.717, 1.165) is 10.9 Å². The second-order valence-corrected chi connectivity index (χ2v) is 5.66. The van der Waals surface area contributed by atoms with Crippen LogP contribution in [0.15, 0.2) is 30.5 Å². The highest BCUT2D eigenvalue weighted by Gasteiger charge is 2.28. The molecule has 2 N–H and O–H groups in total. The van der Waals surface area contributed by atoms with Crippen LogP contribution in [0.5, 0.6) is 0 Å². The van der Waals surface area contributed by atoms with Crippen LogP contribution in [0.1, 0.15) is 10.4 Å². The molecule has 6 nitrogen and oxygen atoms in total. The number of carboxylic acid groups (broad SMARTS) is 1. The maximum absolute atomic E-state index is 12.8. The van der Waals surface area contributed by atoms with Gasteiger partial charge in [-0.3, -0.25) is 9.59 Å². The number of carboxylic acids is 1. The fourth-order valence-corrected chi connectivity index (χ4v) is 2.94. The molecule has 2 aromatic rings. The molecule has 1 aliphatic heterocycles. The molecule has 116 valence electrons. The Hall–Kier alpha value is -2.34. The molecule has 1 aromatic carbocycles. The molecule has 6 heteroatoms. The summed E-state index contributed by atoms with van der Waals surface area (Å²) in [7, 11) is 1.91. The Morgan fingerprint density at radius 2 is 2.09 bits per heavy atom. The van der Waals surface area contributed by atoms with E-state index < -0.39 is 11.9 Å². The highest BCUT2D eigenvalue weighted by atomic mass is 16.4. The average molecular weight is 301 g/mol.